The van der Waals surface area contributed by atoms with Gasteiger partial charge in [0.25, 0.3) is 0 Å². The molecule has 0 fully saturated rings. The maximum absolute atomic E-state index is 9.22. The van der Waals surface area contributed by atoms with Crippen LogP contribution in [0.25, 0.3) is 22.4 Å². The number of benzene rings is 2. The summed E-state index contributed by atoms with van der Waals surface area (Å²) in [4.78, 5) is 0. The Bertz CT molecular complexity index is 675. The monoisotopic (exact) mass is 264 g/mol. The first-order valence-electron chi connectivity index (χ1n) is 6.69. The van der Waals surface area contributed by atoms with Gasteiger partial charge in [0.1, 0.15) is 5.69 Å². The predicted molar refractivity (Wildman–Crippen MR) is 80.2 cm³/mol. The predicted octanol–water partition coefficient (Wildman–Crippen LogP) is 3.28. The summed E-state index contributed by atoms with van der Waals surface area (Å²) in [6.45, 7) is 0.107. The van der Waals surface area contributed by atoms with E-state index in [9.17, 15) is 5.11 Å². The van der Waals surface area contributed by atoms with Gasteiger partial charge in [0.2, 0.25) is 0 Å². The summed E-state index contributed by atoms with van der Waals surface area (Å²) in [5.41, 5.74) is 5.17. The molecule has 0 saturated carbocycles. The van der Waals surface area contributed by atoms with Crippen molar-refractivity contribution in [2.75, 3.05) is 6.61 Å². The Morgan fingerprint density at radius 2 is 1.45 bits per heavy atom. The van der Waals surface area contributed by atoms with Gasteiger partial charge in [0, 0.05) is 29.8 Å². The number of aromatic nitrogens is 2. The number of aromatic amines is 1. The lowest BCUT2D eigenvalue weighted by Gasteiger charge is -2.06. The minimum Gasteiger partial charge on any atom is -0.396 e. The van der Waals surface area contributed by atoms with Gasteiger partial charge in [-0.3, -0.25) is 5.10 Å². The van der Waals surface area contributed by atoms with E-state index in [1.807, 2.05) is 48.5 Å². The molecule has 0 spiro atoms. The summed E-state index contributed by atoms with van der Waals surface area (Å²) in [5, 5.41) is 16.7. The molecule has 0 aliphatic heterocycles. The molecular formula is C17H16N2O. The van der Waals surface area contributed by atoms with Crippen LogP contribution in [0.15, 0.2) is 60.7 Å². The second-order valence-electron chi connectivity index (χ2n) is 4.63. The van der Waals surface area contributed by atoms with Crippen molar-refractivity contribution in [3.05, 3.63) is 66.4 Å². The fourth-order valence-electron chi connectivity index (χ4n) is 2.39. The summed E-state index contributed by atoms with van der Waals surface area (Å²) < 4.78 is 0. The zero-order valence-corrected chi connectivity index (χ0v) is 11.1. The van der Waals surface area contributed by atoms with Crippen LogP contribution in [-0.4, -0.2) is 21.9 Å². The van der Waals surface area contributed by atoms with Gasteiger partial charge in [-0.05, 0) is 5.56 Å². The van der Waals surface area contributed by atoms with E-state index in [0.29, 0.717) is 6.42 Å². The number of hydrogen-bond acceptors (Lipinski definition) is 2. The topological polar surface area (TPSA) is 48.9 Å². The SMILES string of the molecule is OCCc1[nH]nc(-c2ccccc2)c1-c1ccccc1. The van der Waals surface area contributed by atoms with Crippen LogP contribution in [0.5, 0.6) is 0 Å². The van der Waals surface area contributed by atoms with Gasteiger partial charge in [-0.2, -0.15) is 5.10 Å². The minimum atomic E-state index is 0.107. The average molecular weight is 264 g/mol. The van der Waals surface area contributed by atoms with Gasteiger partial charge >= 0.3 is 0 Å². The van der Waals surface area contributed by atoms with E-state index < -0.39 is 0 Å². The summed E-state index contributed by atoms with van der Waals surface area (Å²) >= 11 is 0. The Morgan fingerprint density at radius 1 is 0.850 bits per heavy atom. The molecule has 3 nitrogen and oxygen atoms in total. The normalized spacial score (nSPS) is 10.7. The largest absolute Gasteiger partial charge is 0.396 e. The Labute approximate surface area is 117 Å². The van der Waals surface area contributed by atoms with Crippen LogP contribution >= 0.6 is 0 Å². The number of H-pyrrole nitrogens is 1. The van der Waals surface area contributed by atoms with Gasteiger partial charge in [0.05, 0.1) is 0 Å². The third-order valence-corrected chi connectivity index (χ3v) is 3.31. The van der Waals surface area contributed by atoms with Crippen molar-refractivity contribution < 1.29 is 5.11 Å². The van der Waals surface area contributed by atoms with Gasteiger partial charge in [-0.25, -0.2) is 0 Å². The highest BCUT2D eigenvalue weighted by Gasteiger charge is 2.15. The summed E-state index contributed by atoms with van der Waals surface area (Å²) in [6, 6.07) is 20.3. The Hall–Kier alpha value is -2.39. The molecule has 3 aromatic rings. The quantitative estimate of drug-likeness (QED) is 0.759. The molecule has 3 heteroatoms. The fraction of sp³-hybridized carbons (Fsp3) is 0.118. The molecule has 0 radical (unpaired) electrons. The van der Waals surface area contributed by atoms with E-state index in [-0.39, 0.29) is 6.61 Å². The highest BCUT2D eigenvalue weighted by molar-refractivity contribution is 5.82. The van der Waals surface area contributed by atoms with Crippen LogP contribution in [0.3, 0.4) is 0 Å². The molecule has 0 saturated heterocycles. The van der Waals surface area contributed by atoms with E-state index in [1.165, 1.54) is 0 Å². The van der Waals surface area contributed by atoms with E-state index >= 15 is 0 Å². The zero-order valence-electron chi connectivity index (χ0n) is 11.1. The zero-order chi connectivity index (χ0) is 13.8. The first-order valence-corrected chi connectivity index (χ1v) is 6.69. The lowest BCUT2D eigenvalue weighted by atomic mass is 9.98. The Kier molecular flexibility index (Phi) is 3.61. The van der Waals surface area contributed by atoms with Crippen LogP contribution in [-0.2, 0) is 6.42 Å². The van der Waals surface area contributed by atoms with Crippen LogP contribution in [0.4, 0.5) is 0 Å². The maximum atomic E-state index is 9.22. The Balaban J connectivity index is 2.17. The number of nitrogens with one attached hydrogen (secondary N) is 1. The van der Waals surface area contributed by atoms with Crippen molar-refractivity contribution in [3.8, 4) is 22.4 Å². The summed E-state index contributed by atoms with van der Waals surface area (Å²) in [6.07, 6.45) is 0.573. The smallest absolute Gasteiger partial charge is 0.100 e. The van der Waals surface area contributed by atoms with Crippen molar-refractivity contribution in [1.29, 1.82) is 0 Å². The molecule has 20 heavy (non-hydrogen) atoms. The molecule has 2 N–H and O–H groups in total. The summed E-state index contributed by atoms with van der Waals surface area (Å²) in [7, 11) is 0. The minimum absolute atomic E-state index is 0.107. The van der Waals surface area contributed by atoms with Crippen LogP contribution in [0.1, 0.15) is 5.69 Å². The second kappa shape index (κ2) is 5.72. The number of rotatable bonds is 4. The number of aliphatic hydroxyl groups excluding tert-OH is 1. The van der Waals surface area contributed by atoms with Gasteiger partial charge in [0.15, 0.2) is 0 Å². The van der Waals surface area contributed by atoms with Crippen molar-refractivity contribution in [2.24, 2.45) is 0 Å². The molecule has 0 bridgehead atoms. The van der Waals surface area contributed by atoms with Crippen LogP contribution < -0.4 is 0 Å². The molecule has 1 heterocycles. The van der Waals surface area contributed by atoms with Crippen molar-refractivity contribution in [2.45, 2.75) is 6.42 Å². The molecule has 2 aromatic carbocycles. The molecule has 1 aromatic heterocycles. The molecule has 3 rings (SSSR count). The number of aliphatic hydroxyl groups is 1. The maximum Gasteiger partial charge on any atom is 0.100 e. The summed E-state index contributed by atoms with van der Waals surface area (Å²) in [5.74, 6) is 0. The first-order chi connectivity index (χ1) is 9.90. The molecule has 0 unspecified atom stereocenters. The van der Waals surface area contributed by atoms with Gasteiger partial charge < -0.3 is 5.11 Å². The van der Waals surface area contributed by atoms with E-state index in [4.69, 9.17) is 0 Å². The Morgan fingerprint density at radius 3 is 2.05 bits per heavy atom. The third kappa shape index (κ3) is 2.36. The third-order valence-electron chi connectivity index (χ3n) is 3.31. The fourth-order valence-corrected chi connectivity index (χ4v) is 2.39. The second-order valence-corrected chi connectivity index (χ2v) is 4.63. The highest BCUT2D eigenvalue weighted by atomic mass is 16.3. The molecular weight excluding hydrogens is 248 g/mol. The van der Waals surface area contributed by atoms with E-state index in [2.05, 4.69) is 22.3 Å². The van der Waals surface area contributed by atoms with Gasteiger partial charge in [-0.1, -0.05) is 60.7 Å². The van der Waals surface area contributed by atoms with Crippen molar-refractivity contribution in [1.82, 2.24) is 10.2 Å². The lowest BCUT2D eigenvalue weighted by molar-refractivity contribution is 0.298. The van der Waals surface area contributed by atoms with Crippen LogP contribution in [0.2, 0.25) is 0 Å². The lowest BCUT2D eigenvalue weighted by Crippen LogP contribution is -1.93. The highest BCUT2D eigenvalue weighted by Crippen LogP contribution is 2.33. The van der Waals surface area contributed by atoms with E-state index in [1.54, 1.807) is 0 Å². The molecule has 100 valence electrons. The first kappa shape index (κ1) is 12.6. The molecule has 0 atom stereocenters. The van der Waals surface area contributed by atoms with Crippen molar-refractivity contribution >= 4 is 0 Å². The van der Waals surface area contributed by atoms with Crippen LogP contribution in [0, 0.1) is 0 Å². The molecule has 0 amide bonds. The van der Waals surface area contributed by atoms with Crippen molar-refractivity contribution in [3.63, 3.8) is 0 Å². The van der Waals surface area contributed by atoms with E-state index in [0.717, 1.165) is 28.1 Å². The molecule has 0 aliphatic carbocycles. The standard InChI is InChI=1S/C17H16N2O/c20-12-11-15-16(13-7-3-1-4-8-13)17(19-18-15)14-9-5-2-6-10-14/h1-10,20H,11-12H2,(H,18,19). The number of nitrogens with zero attached hydrogens (tertiary/aromatic N) is 1. The molecule has 0 aliphatic rings. The average Bonchev–Trinajstić information content (AvgIpc) is 2.93. The van der Waals surface area contributed by atoms with Gasteiger partial charge in [-0.15, -0.1) is 0 Å². The number of hydrogen-bond donors (Lipinski definition) is 2.